The van der Waals surface area contributed by atoms with E-state index >= 15 is 0 Å². The summed E-state index contributed by atoms with van der Waals surface area (Å²) in [7, 11) is 5.93. The predicted molar refractivity (Wildman–Crippen MR) is 112 cm³/mol. The molecule has 29 heavy (non-hydrogen) atoms. The zero-order valence-corrected chi connectivity index (χ0v) is 17.5. The molecule has 8 nitrogen and oxygen atoms in total. The Morgan fingerprint density at radius 1 is 1.00 bits per heavy atom. The number of aryl methyl sites for hydroxylation is 1. The van der Waals surface area contributed by atoms with Crippen molar-refractivity contribution in [3.05, 3.63) is 41.7 Å². The molecule has 0 bridgehead atoms. The van der Waals surface area contributed by atoms with Gasteiger partial charge in [0, 0.05) is 35.1 Å². The van der Waals surface area contributed by atoms with Crippen LogP contribution in [-0.2, 0) is 4.74 Å². The number of fused-ring (bicyclic) bond motifs is 1. The normalized spacial score (nSPS) is 10.1. The van der Waals surface area contributed by atoms with E-state index < -0.39 is 5.97 Å². The van der Waals surface area contributed by atoms with Crippen LogP contribution in [0, 0.1) is 6.92 Å². The van der Waals surface area contributed by atoms with Crippen molar-refractivity contribution in [1.29, 1.82) is 0 Å². The molecule has 3 rings (SSSR count). The number of hydrogen-bond acceptors (Lipinski definition) is 8. The van der Waals surface area contributed by atoms with Gasteiger partial charge in [-0.2, -0.15) is 0 Å². The van der Waals surface area contributed by atoms with Crippen molar-refractivity contribution in [2.24, 2.45) is 0 Å². The zero-order chi connectivity index (χ0) is 20.3. The summed E-state index contributed by atoms with van der Waals surface area (Å²) in [5.41, 5.74) is 2.79. The molecule has 0 radical (unpaired) electrons. The van der Waals surface area contributed by atoms with Crippen LogP contribution in [0.4, 0.5) is 11.4 Å². The maximum Gasteiger partial charge on any atom is 0.341 e. The van der Waals surface area contributed by atoms with Crippen molar-refractivity contribution >= 4 is 40.8 Å². The maximum atomic E-state index is 12.3. The first-order chi connectivity index (χ1) is 13.5. The molecule has 154 valence electrons. The molecule has 0 saturated heterocycles. The van der Waals surface area contributed by atoms with Gasteiger partial charge in [0.25, 0.3) is 0 Å². The zero-order valence-electron chi connectivity index (χ0n) is 16.7. The number of methoxy groups -OCH3 is 4. The van der Waals surface area contributed by atoms with Gasteiger partial charge in [0.15, 0.2) is 17.1 Å². The van der Waals surface area contributed by atoms with E-state index in [2.05, 4.69) is 15.3 Å². The number of nitrogens with zero attached hydrogens (tertiary/aromatic N) is 2. The number of esters is 1. The smallest absolute Gasteiger partial charge is 0.341 e. The molecule has 1 N–H and O–H groups in total. The summed E-state index contributed by atoms with van der Waals surface area (Å²) in [5, 5.41) is 3.94. The largest absolute Gasteiger partial charge is 0.493 e. The molecule has 0 unspecified atom stereocenters. The molecule has 2 aromatic heterocycles. The number of pyridine rings is 2. The van der Waals surface area contributed by atoms with Gasteiger partial charge in [-0.05, 0) is 19.1 Å². The van der Waals surface area contributed by atoms with Crippen molar-refractivity contribution in [2.45, 2.75) is 6.92 Å². The number of halogens is 1. The van der Waals surface area contributed by atoms with Gasteiger partial charge in [-0.15, -0.1) is 12.4 Å². The van der Waals surface area contributed by atoms with E-state index in [1.54, 1.807) is 12.1 Å². The second-order valence-electron chi connectivity index (χ2n) is 5.90. The Morgan fingerprint density at radius 3 is 2.21 bits per heavy atom. The van der Waals surface area contributed by atoms with E-state index in [0.717, 1.165) is 5.69 Å². The van der Waals surface area contributed by atoms with Crippen LogP contribution in [-0.4, -0.2) is 44.4 Å². The molecule has 0 aliphatic rings. The average molecular weight is 420 g/mol. The highest BCUT2D eigenvalue weighted by atomic mass is 35.5. The fourth-order valence-corrected chi connectivity index (χ4v) is 2.87. The van der Waals surface area contributed by atoms with E-state index in [9.17, 15) is 4.79 Å². The molecular formula is C20H22ClN3O5. The van der Waals surface area contributed by atoms with Crippen LogP contribution < -0.4 is 19.5 Å². The molecule has 0 aliphatic carbocycles. The summed E-state index contributed by atoms with van der Waals surface area (Å²) in [4.78, 5) is 21.0. The van der Waals surface area contributed by atoms with Gasteiger partial charge < -0.3 is 24.3 Å². The van der Waals surface area contributed by atoms with Crippen LogP contribution in [0.1, 0.15) is 16.1 Å². The number of nitrogens with one attached hydrogen (secondary N) is 1. The highest BCUT2D eigenvalue weighted by Gasteiger charge is 2.19. The number of rotatable bonds is 6. The van der Waals surface area contributed by atoms with Gasteiger partial charge in [0.05, 0.1) is 34.1 Å². The maximum absolute atomic E-state index is 12.3. The Hall–Kier alpha value is -3.26. The highest BCUT2D eigenvalue weighted by Crippen LogP contribution is 2.41. The van der Waals surface area contributed by atoms with Gasteiger partial charge in [0.1, 0.15) is 5.56 Å². The average Bonchev–Trinajstić information content (AvgIpc) is 2.72. The van der Waals surface area contributed by atoms with Crippen molar-refractivity contribution in [1.82, 2.24) is 9.97 Å². The Morgan fingerprint density at radius 2 is 1.66 bits per heavy atom. The van der Waals surface area contributed by atoms with Gasteiger partial charge in [-0.1, -0.05) is 0 Å². The summed E-state index contributed by atoms with van der Waals surface area (Å²) in [6, 6.07) is 7.20. The minimum absolute atomic E-state index is 0. The lowest BCUT2D eigenvalue weighted by atomic mass is 10.1. The minimum atomic E-state index is -0.509. The molecular weight excluding hydrogens is 398 g/mol. The summed E-state index contributed by atoms with van der Waals surface area (Å²) in [5.74, 6) is 0.929. The quantitative estimate of drug-likeness (QED) is 0.601. The van der Waals surface area contributed by atoms with Crippen LogP contribution >= 0.6 is 12.4 Å². The Bertz CT molecular complexity index is 1020. The summed E-state index contributed by atoms with van der Waals surface area (Å²) < 4.78 is 21.1. The first kappa shape index (κ1) is 22.0. The van der Waals surface area contributed by atoms with Crippen molar-refractivity contribution in [3.8, 4) is 17.2 Å². The van der Waals surface area contributed by atoms with Gasteiger partial charge in [-0.3, -0.25) is 0 Å². The SMILES string of the molecule is COC(=O)c1cnc2nc(C)ccc2c1Nc1cc(OC)c(OC)c(OC)c1.Cl. The fourth-order valence-electron chi connectivity index (χ4n) is 2.87. The number of aromatic nitrogens is 2. The van der Waals surface area contributed by atoms with Crippen molar-refractivity contribution in [3.63, 3.8) is 0 Å². The van der Waals surface area contributed by atoms with E-state index in [1.807, 2.05) is 19.1 Å². The third-order valence-corrected chi connectivity index (χ3v) is 4.21. The molecule has 0 fully saturated rings. The minimum Gasteiger partial charge on any atom is -0.493 e. The predicted octanol–water partition coefficient (Wildman–Crippen LogP) is 3.92. The second kappa shape index (κ2) is 9.29. The lowest BCUT2D eigenvalue weighted by molar-refractivity contribution is 0.0601. The molecule has 0 aliphatic heterocycles. The fraction of sp³-hybridized carbons (Fsp3) is 0.250. The van der Waals surface area contributed by atoms with Crippen LogP contribution in [0.3, 0.4) is 0 Å². The third kappa shape index (κ3) is 4.27. The highest BCUT2D eigenvalue weighted by molar-refractivity contribution is 6.05. The van der Waals surface area contributed by atoms with E-state index in [1.165, 1.54) is 34.6 Å². The topological polar surface area (TPSA) is 91.8 Å². The number of ether oxygens (including phenoxy) is 4. The Labute approximate surface area is 174 Å². The molecule has 1 aromatic carbocycles. The lowest BCUT2D eigenvalue weighted by Crippen LogP contribution is -2.08. The number of carbonyl (C=O) groups is 1. The Balaban J connectivity index is 0.00000300. The molecule has 0 atom stereocenters. The molecule has 0 amide bonds. The van der Waals surface area contributed by atoms with Crippen LogP contribution in [0.15, 0.2) is 30.5 Å². The van der Waals surface area contributed by atoms with E-state index in [4.69, 9.17) is 18.9 Å². The summed E-state index contributed by atoms with van der Waals surface area (Å²) in [6.45, 7) is 1.88. The van der Waals surface area contributed by atoms with E-state index in [0.29, 0.717) is 39.7 Å². The monoisotopic (exact) mass is 419 g/mol. The molecule has 3 aromatic rings. The van der Waals surface area contributed by atoms with Crippen LogP contribution in [0.25, 0.3) is 11.0 Å². The molecule has 2 heterocycles. The number of benzene rings is 1. The molecule has 0 spiro atoms. The summed E-state index contributed by atoms with van der Waals surface area (Å²) in [6.07, 6.45) is 1.45. The molecule has 0 saturated carbocycles. The first-order valence-electron chi connectivity index (χ1n) is 8.44. The number of carbonyl (C=O) groups excluding carboxylic acids is 1. The van der Waals surface area contributed by atoms with Crippen molar-refractivity contribution in [2.75, 3.05) is 33.8 Å². The van der Waals surface area contributed by atoms with E-state index in [-0.39, 0.29) is 18.0 Å². The van der Waals surface area contributed by atoms with Crippen LogP contribution in [0.5, 0.6) is 17.2 Å². The first-order valence-corrected chi connectivity index (χ1v) is 8.44. The third-order valence-electron chi connectivity index (χ3n) is 4.21. The number of hydrogen-bond donors (Lipinski definition) is 1. The Kier molecular flexibility index (Phi) is 7.06. The number of anilines is 2. The summed E-state index contributed by atoms with van der Waals surface area (Å²) >= 11 is 0. The van der Waals surface area contributed by atoms with Gasteiger partial charge in [-0.25, -0.2) is 14.8 Å². The second-order valence-corrected chi connectivity index (χ2v) is 5.90. The van der Waals surface area contributed by atoms with Gasteiger partial charge in [0.2, 0.25) is 5.75 Å². The molecule has 9 heteroatoms. The van der Waals surface area contributed by atoms with Crippen molar-refractivity contribution < 1.29 is 23.7 Å². The van der Waals surface area contributed by atoms with Crippen LogP contribution in [0.2, 0.25) is 0 Å². The van der Waals surface area contributed by atoms with Gasteiger partial charge >= 0.3 is 5.97 Å². The lowest BCUT2D eigenvalue weighted by Gasteiger charge is -2.17. The standard InChI is InChI=1S/C20H21N3O5.ClH/c1-11-6-7-13-17(14(20(24)28-5)10-21-19(13)22-11)23-12-8-15(25-2)18(27-4)16(9-12)26-3;/h6-10H,1-5H3,(H,21,22,23);1H.